The third kappa shape index (κ3) is 3.18. The highest BCUT2D eigenvalue weighted by Crippen LogP contribution is 2.19. The summed E-state index contributed by atoms with van der Waals surface area (Å²) in [5, 5.41) is 2.03. The lowest BCUT2D eigenvalue weighted by Crippen LogP contribution is -2.55. The van der Waals surface area contributed by atoms with Crippen LogP contribution in [0.4, 0.5) is 0 Å². The normalized spacial score (nSPS) is 11.7. The van der Waals surface area contributed by atoms with Gasteiger partial charge in [0.25, 0.3) is 0 Å². The second-order valence-corrected chi connectivity index (χ2v) is 7.90. The summed E-state index contributed by atoms with van der Waals surface area (Å²) in [4.78, 5) is 4.38. The number of pyridine rings is 1. The van der Waals surface area contributed by atoms with Gasteiger partial charge >= 0.3 is 8.80 Å². The van der Waals surface area contributed by atoms with E-state index in [9.17, 15) is 0 Å². The molecule has 0 saturated heterocycles. The van der Waals surface area contributed by atoms with Crippen molar-refractivity contribution in [3.63, 3.8) is 0 Å². The minimum Gasteiger partial charge on any atom is -0.373 e. The van der Waals surface area contributed by atoms with Crippen LogP contribution < -0.4 is 5.19 Å². The summed E-state index contributed by atoms with van der Waals surface area (Å²) < 4.78 is 17.5. The van der Waals surface area contributed by atoms with Crippen LogP contribution in [0.5, 0.6) is 0 Å². The Labute approximate surface area is 137 Å². The number of rotatable bonds is 6. The van der Waals surface area contributed by atoms with Crippen molar-refractivity contribution in [3.8, 4) is 0 Å². The van der Waals surface area contributed by atoms with Crippen molar-refractivity contribution in [2.24, 2.45) is 0 Å². The smallest absolute Gasteiger partial charge is 0.373 e. The van der Waals surface area contributed by atoms with E-state index in [-0.39, 0.29) is 0 Å². The van der Waals surface area contributed by atoms with Gasteiger partial charge in [-0.25, -0.2) is 0 Å². The highest BCUT2D eigenvalue weighted by Gasteiger charge is 2.41. The molecule has 3 rings (SSSR count). The van der Waals surface area contributed by atoms with Gasteiger partial charge in [0.15, 0.2) is 0 Å². The number of aromatic nitrogens is 1. The third-order valence-electron chi connectivity index (χ3n) is 3.82. The minimum atomic E-state index is -2.91. The fraction of sp³-hybridized carbons (Fsp3) is 0.167. The molecule has 0 bridgehead atoms. The van der Waals surface area contributed by atoms with Gasteiger partial charge in [-0.2, -0.15) is 0 Å². The molecule has 0 amide bonds. The van der Waals surface area contributed by atoms with E-state index in [1.54, 1.807) is 20.4 Å². The van der Waals surface area contributed by atoms with Crippen molar-refractivity contribution in [1.82, 2.24) is 4.98 Å². The van der Waals surface area contributed by atoms with E-state index >= 15 is 0 Å². The summed E-state index contributed by atoms with van der Waals surface area (Å²) in [5.74, 6) is 0. The highest BCUT2D eigenvalue weighted by atomic mass is 28.4. The molecule has 0 spiro atoms. The van der Waals surface area contributed by atoms with Crippen molar-refractivity contribution in [2.45, 2.75) is 6.61 Å². The van der Waals surface area contributed by atoms with Crippen LogP contribution in [-0.2, 0) is 19.9 Å². The molecule has 23 heavy (non-hydrogen) atoms. The number of benzene rings is 2. The van der Waals surface area contributed by atoms with Crippen molar-refractivity contribution in [3.05, 3.63) is 72.4 Å². The van der Waals surface area contributed by atoms with Gasteiger partial charge in [-0.15, -0.1) is 0 Å². The fourth-order valence-corrected chi connectivity index (χ4v) is 4.61. The Morgan fingerprint density at radius 3 is 2.39 bits per heavy atom. The molecule has 5 heteroatoms. The second-order valence-electron chi connectivity index (χ2n) is 5.11. The Bertz CT molecular complexity index is 770. The lowest BCUT2D eigenvalue weighted by Gasteiger charge is -2.26. The number of hydrogen-bond acceptors (Lipinski definition) is 4. The van der Waals surface area contributed by atoms with Gasteiger partial charge < -0.3 is 13.3 Å². The Morgan fingerprint density at radius 1 is 0.870 bits per heavy atom. The Kier molecular flexibility index (Phi) is 4.83. The first-order chi connectivity index (χ1) is 11.3. The molecule has 1 heterocycles. The summed E-state index contributed by atoms with van der Waals surface area (Å²) in [6, 6.07) is 19.8. The van der Waals surface area contributed by atoms with Crippen molar-refractivity contribution in [2.75, 3.05) is 14.2 Å². The first-order valence-electron chi connectivity index (χ1n) is 7.41. The van der Waals surface area contributed by atoms with E-state index in [2.05, 4.69) is 4.98 Å². The average molecular weight is 325 g/mol. The quantitative estimate of drug-likeness (QED) is 0.654. The maximum Gasteiger partial charge on any atom is 0.536 e. The molecule has 4 nitrogen and oxygen atoms in total. The Balaban J connectivity index is 1.90. The molecule has 2 aromatic carbocycles. The predicted octanol–water partition coefficient (Wildman–Crippen LogP) is 2.89. The first-order valence-corrected chi connectivity index (χ1v) is 9.14. The fourth-order valence-electron chi connectivity index (χ4n) is 2.63. The Hall–Kier alpha value is -2.05. The summed E-state index contributed by atoms with van der Waals surface area (Å²) in [5.41, 5.74) is 2.02. The van der Waals surface area contributed by atoms with Crippen LogP contribution in [0.25, 0.3) is 10.9 Å². The van der Waals surface area contributed by atoms with Crippen LogP contribution in [0.2, 0.25) is 0 Å². The molecule has 3 aromatic rings. The van der Waals surface area contributed by atoms with E-state index in [0.717, 1.165) is 21.7 Å². The lowest BCUT2D eigenvalue weighted by atomic mass is 10.1. The number of hydrogen-bond donors (Lipinski definition) is 0. The van der Waals surface area contributed by atoms with Gasteiger partial charge in [0.1, 0.15) is 0 Å². The second kappa shape index (κ2) is 7.02. The highest BCUT2D eigenvalue weighted by molar-refractivity contribution is 6.75. The largest absolute Gasteiger partial charge is 0.536 e. The molecule has 0 aliphatic carbocycles. The van der Waals surface area contributed by atoms with E-state index in [1.807, 2.05) is 60.7 Å². The van der Waals surface area contributed by atoms with Gasteiger partial charge in [0, 0.05) is 31.0 Å². The van der Waals surface area contributed by atoms with Gasteiger partial charge in [0.05, 0.1) is 12.1 Å². The topological polar surface area (TPSA) is 40.6 Å². The van der Waals surface area contributed by atoms with E-state index in [1.165, 1.54) is 0 Å². The maximum absolute atomic E-state index is 6.17. The predicted molar refractivity (Wildman–Crippen MR) is 92.4 cm³/mol. The first kappa shape index (κ1) is 15.8. The number of fused-ring (bicyclic) bond motifs is 1. The van der Waals surface area contributed by atoms with Gasteiger partial charge in [-0.3, -0.25) is 4.98 Å². The molecule has 0 aliphatic heterocycles. The lowest BCUT2D eigenvalue weighted by molar-refractivity contribution is 0.107. The van der Waals surface area contributed by atoms with Crippen LogP contribution >= 0.6 is 0 Å². The van der Waals surface area contributed by atoms with Crippen LogP contribution in [-0.4, -0.2) is 28.0 Å². The van der Waals surface area contributed by atoms with Crippen molar-refractivity contribution >= 4 is 24.9 Å². The van der Waals surface area contributed by atoms with Crippen molar-refractivity contribution in [1.29, 1.82) is 0 Å². The summed E-state index contributed by atoms with van der Waals surface area (Å²) in [7, 11) is 0.355. The van der Waals surface area contributed by atoms with Gasteiger partial charge in [-0.1, -0.05) is 48.5 Å². The Morgan fingerprint density at radius 2 is 1.65 bits per heavy atom. The van der Waals surface area contributed by atoms with E-state index in [0.29, 0.717) is 6.61 Å². The molecule has 0 unspecified atom stereocenters. The monoisotopic (exact) mass is 325 g/mol. The van der Waals surface area contributed by atoms with E-state index < -0.39 is 8.80 Å². The van der Waals surface area contributed by atoms with Gasteiger partial charge in [-0.05, 0) is 17.7 Å². The van der Waals surface area contributed by atoms with Crippen LogP contribution in [0.15, 0.2) is 66.9 Å². The molecule has 0 N–H and O–H groups in total. The molecule has 1 aromatic heterocycles. The van der Waals surface area contributed by atoms with E-state index in [4.69, 9.17) is 13.3 Å². The third-order valence-corrected chi connectivity index (χ3v) is 6.46. The molecular formula is C18H19NO3Si. The summed E-state index contributed by atoms with van der Waals surface area (Å²) >= 11 is 0. The van der Waals surface area contributed by atoms with Crippen LogP contribution in [0.1, 0.15) is 5.56 Å². The van der Waals surface area contributed by atoms with Crippen LogP contribution in [0, 0.1) is 0 Å². The molecular weight excluding hydrogens is 306 g/mol. The molecule has 0 aliphatic rings. The molecule has 118 valence electrons. The minimum absolute atomic E-state index is 0.409. The van der Waals surface area contributed by atoms with Gasteiger partial charge in [0.2, 0.25) is 0 Å². The molecule has 0 radical (unpaired) electrons. The summed E-state index contributed by atoms with van der Waals surface area (Å²) in [6.45, 7) is 0.409. The van der Waals surface area contributed by atoms with Crippen LogP contribution in [0.3, 0.4) is 0 Å². The average Bonchev–Trinajstić information content (AvgIpc) is 2.64. The zero-order chi connectivity index (χ0) is 16.1. The maximum atomic E-state index is 6.17. The summed E-state index contributed by atoms with van der Waals surface area (Å²) in [6.07, 6.45) is 1.79. The SMILES string of the molecule is CO[Si](OC)(OCc1cccc2ncccc12)c1ccccc1. The molecule has 0 saturated carbocycles. The zero-order valence-corrected chi connectivity index (χ0v) is 14.2. The zero-order valence-electron chi connectivity index (χ0n) is 13.2. The van der Waals surface area contributed by atoms with Crippen molar-refractivity contribution < 1.29 is 13.3 Å². The standard InChI is InChI=1S/C18H19NO3Si/c1-20-23(21-2,16-9-4-3-5-10-16)22-14-15-8-6-12-18-17(15)11-7-13-19-18/h3-13H,14H2,1-2H3. The number of nitrogens with zero attached hydrogens (tertiary/aromatic N) is 1. The molecule has 0 fully saturated rings. The molecule has 0 atom stereocenters.